The second-order valence-corrected chi connectivity index (χ2v) is 6.30. The van der Waals surface area contributed by atoms with Crippen molar-refractivity contribution in [2.45, 2.75) is 33.4 Å². The molecule has 0 bridgehead atoms. The van der Waals surface area contributed by atoms with Crippen LogP contribution in [0.5, 0.6) is 11.5 Å². The highest BCUT2D eigenvalue weighted by atomic mass is 19.3. The van der Waals surface area contributed by atoms with Crippen LogP contribution >= 0.6 is 0 Å². The molecule has 0 amide bonds. The van der Waals surface area contributed by atoms with Gasteiger partial charge in [0.1, 0.15) is 5.69 Å². The molecule has 2 aromatic heterocycles. The van der Waals surface area contributed by atoms with Gasteiger partial charge in [-0.1, -0.05) is 0 Å². The number of nitrogens with one attached hydrogen (secondary N) is 1. The van der Waals surface area contributed by atoms with Crippen molar-refractivity contribution in [3.8, 4) is 22.8 Å². The van der Waals surface area contributed by atoms with Crippen molar-refractivity contribution in [2.24, 2.45) is 0 Å². The van der Waals surface area contributed by atoms with E-state index in [1.54, 1.807) is 24.4 Å². The van der Waals surface area contributed by atoms with E-state index in [4.69, 9.17) is 9.47 Å². The van der Waals surface area contributed by atoms with E-state index in [-0.39, 0.29) is 11.6 Å². The van der Waals surface area contributed by atoms with E-state index in [2.05, 4.69) is 20.4 Å². The van der Waals surface area contributed by atoms with E-state index in [9.17, 15) is 8.78 Å². The highest BCUT2D eigenvalue weighted by Crippen LogP contribution is 2.33. The second kappa shape index (κ2) is 8.85. The predicted octanol–water partition coefficient (Wildman–Crippen LogP) is 4.24. The van der Waals surface area contributed by atoms with Crippen molar-refractivity contribution in [2.75, 3.05) is 19.5 Å². The average Bonchev–Trinajstić information content (AvgIpc) is 3.10. The summed E-state index contributed by atoms with van der Waals surface area (Å²) < 4.78 is 39.2. The maximum atomic E-state index is 13.4. The maximum Gasteiger partial charge on any atom is 0.280 e. The van der Waals surface area contributed by atoms with E-state index in [0.29, 0.717) is 29.3 Å². The summed E-state index contributed by atoms with van der Waals surface area (Å²) in [6.07, 6.45) is -0.972. The fourth-order valence-electron chi connectivity index (χ4n) is 2.95. The molecule has 0 radical (unpaired) electrons. The lowest BCUT2D eigenvalue weighted by Gasteiger charge is -2.12. The summed E-state index contributed by atoms with van der Waals surface area (Å²) in [5.74, 6) is 1.15. The van der Waals surface area contributed by atoms with Crippen LogP contribution in [-0.4, -0.2) is 34.0 Å². The Morgan fingerprint density at radius 2 is 1.86 bits per heavy atom. The van der Waals surface area contributed by atoms with Crippen LogP contribution in [0.3, 0.4) is 0 Å². The molecular formula is C20H23F2N5O2. The minimum atomic E-state index is -2.72. The molecule has 0 spiro atoms. The number of halogens is 2. The standard InChI is InChI=1S/C20H23F2N5O2/c1-5-27-12(2)14(11-24-27)10-23-20-25-15(9-16(26-20)19(21)22)13-6-7-17(28-3)18(8-13)29-4/h6-9,11,19H,5,10H2,1-4H3,(H,23,25,26). The maximum absolute atomic E-state index is 13.4. The summed E-state index contributed by atoms with van der Waals surface area (Å²) in [7, 11) is 3.04. The molecule has 1 N–H and O–H groups in total. The molecule has 29 heavy (non-hydrogen) atoms. The molecule has 3 aromatic rings. The summed E-state index contributed by atoms with van der Waals surface area (Å²) in [5, 5.41) is 7.31. The Labute approximate surface area is 167 Å². The fourth-order valence-corrected chi connectivity index (χ4v) is 2.95. The monoisotopic (exact) mass is 403 g/mol. The lowest BCUT2D eigenvalue weighted by atomic mass is 10.1. The van der Waals surface area contributed by atoms with Gasteiger partial charge < -0.3 is 14.8 Å². The Hall–Kier alpha value is -3.23. The third-order valence-electron chi connectivity index (χ3n) is 4.59. The number of anilines is 1. The minimum Gasteiger partial charge on any atom is -0.493 e. The smallest absolute Gasteiger partial charge is 0.280 e. The first-order valence-electron chi connectivity index (χ1n) is 9.11. The van der Waals surface area contributed by atoms with Crippen molar-refractivity contribution in [3.63, 3.8) is 0 Å². The number of hydrogen-bond donors (Lipinski definition) is 1. The molecule has 0 aliphatic rings. The predicted molar refractivity (Wildman–Crippen MR) is 105 cm³/mol. The third-order valence-corrected chi connectivity index (χ3v) is 4.59. The molecule has 0 fully saturated rings. The fraction of sp³-hybridized carbons (Fsp3) is 0.350. The molecule has 0 atom stereocenters. The molecule has 2 heterocycles. The van der Waals surface area contributed by atoms with Gasteiger partial charge in [-0.2, -0.15) is 5.10 Å². The van der Waals surface area contributed by atoms with Gasteiger partial charge in [0, 0.05) is 29.9 Å². The molecule has 0 unspecified atom stereocenters. The van der Waals surface area contributed by atoms with Crippen molar-refractivity contribution in [1.82, 2.24) is 19.7 Å². The quantitative estimate of drug-likeness (QED) is 0.607. The average molecular weight is 403 g/mol. The summed E-state index contributed by atoms with van der Waals surface area (Å²) in [4.78, 5) is 8.36. The van der Waals surface area contributed by atoms with Gasteiger partial charge in [0.15, 0.2) is 11.5 Å². The van der Waals surface area contributed by atoms with Gasteiger partial charge in [-0.05, 0) is 38.1 Å². The van der Waals surface area contributed by atoms with E-state index in [1.807, 2.05) is 18.5 Å². The first-order chi connectivity index (χ1) is 14.0. The van der Waals surface area contributed by atoms with Crippen molar-refractivity contribution >= 4 is 5.95 Å². The van der Waals surface area contributed by atoms with Crippen LogP contribution in [0.15, 0.2) is 30.5 Å². The zero-order valence-corrected chi connectivity index (χ0v) is 16.7. The summed E-state index contributed by atoms with van der Waals surface area (Å²) in [5.41, 5.74) is 2.58. The Balaban J connectivity index is 1.92. The molecule has 3 rings (SSSR count). The van der Waals surface area contributed by atoms with Gasteiger partial charge in [0.2, 0.25) is 5.95 Å². The van der Waals surface area contributed by atoms with Crippen LogP contribution in [-0.2, 0) is 13.1 Å². The largest absolute Gasteiger partial charge is 0.493 e. The molecule has 0 saturated carbocycles. The van der Waals surface area contributed by atoms with Crippen LogP contribution in [0.1, 0.15) is 30.3 Å². The Bertz CT molecular complexity index is 991. The van der Waals surface area contributed by atoms with Crippen LogP contribution in [0.25, 0.3) is 11.3 Å². The zero-order valence-electron chi connectivity index (χ0n) is 16.7. The Morgan fingerprint density at radius 3 is 2.48 bits per heavy atom. The van der Waals surface area contributed by atoms with Crippen LogP contribution in [0.2, 0.25) is 0 Å². The topological polar surface area (TPSA) is 74.1 Å². The number of rotatable bonds is 8. The van der Waals surface area contributed by atoms with E-state index >= 15 is 0 Å². The van der Waals surface area contributed by atoms with Crippen LogP contribution in [0, 0.1) is 6.92 Å². The summed E-state index contributed by atoms with van der Waals surface area (Å²) in [6, 6.07) is 6.40. The SMILES string of the molecule is CCn1ncc(CNc2nc(-c3ccc(OC)c(OC)c3)cc(C(F)F)n2)c1C. The van der Waals surface area contributed by atoms with Gasteiger partial charge in [-0.15, -0.1) is 0 Å². The van der Waals surface area contributed by atoms with Crippen molar-refractivity contribution in [1.29, 1.82) is 0 Å². The first-order valence-corrected chi connectivity index (χ1v) is 9.11. The van der Waals surface area contributed by atoms with Crippen LogP contribution in [0.4, 0.5) is 14.7 Å². The molecule has 154 valence electrons. The molecule has 0 aliphatic carbocycles. The molecule has 9 heteroatoms. The van der Waals surface area contributed by atoms with E-state index < -0.39 is 6.43 Å². The number of methoxy groups -OCH3 is 2. The molecular weight excluding hydrogens is 380 g/mol. The molecule has 0 saturated heterocycles. The number of nitrogens with zero attached hydrogens (tertiary/aromatic N) is 4. The molecule has 0 aliphatic heterocycles. The minimum absolute atomic E-state index is 0.122. The van der Waals surface area contributed by atoms with Gasteiger partial charge >= 0.3 is 0 Å². The lowest BCUT2D eigenvalue weighted by Crippen LogP contribution is -2.08. The number of alkyl halides is 2. The number of aryl methyl sites for hydroxylation is 1. The van der Waals surface area contributed by atoms with Gasteiger partial charge in [-0.25, -0.2) is 18.7 Å². The van der Waals surface area contributed by atoms with Crippen molar-refractivity contribution in [3.05, 3.63) is 47.4 Å². The Morgan fingerprint density at radius 1 is 1.10 bits per heavy atom. The number of benzene rings is 1. The molecule has 7 nitrogen and oxygen atoms in total. The third kappa shape index (κ3) is 4.44. The Kier molecular flexibility index (Phi) is 6.26. The number of ether oxygens (including phenoxy) is 2. The zero-order chi connectivity index (χ0) is 21.0. The summed E-state index contributed by atoms with van der Waals surface area (Å²) in [6.45, 7) is 5.09. The van der Waals surface area contributed by atoms with Crippen molar-refractivity contribution < 1.29 is 18.3 Å². The van der Waals surface area contributed by atoms with Gasteiger partial charge in [0.25, 0.3) is 6.43 Å². The van der Waals surface area contributed by atoms with E-state index in [1.165, 1.54) is 20.3 Å². The molecule has 1 aromatic carbocycles. The first kappa shape index (κ1) is 20.5. The summed E-state index contributed by atoms with van der Waals surface area (Å²) >= 11 is 0. The number of hydrogen-bond acceptors (Lipinski definition) is 6. The highest BCUT2D eigenvalue weighted by molar-refractivity contribution is 5.65. The van der Waals surface area contributed by atoms with E-state index in [0.717, 1.165) is 17.8 Å². The number of aromatic nitrogens is 4. The highest BCUT2D eigenvalue weighted by Gasteiger charge is 2.16. The lowest BCUT2D eigenvalue weighted by molar-refractivity contribution is 0.146. The van der Waals surface area contributed by atoms with Gasteiger partial charge in [0.05, 0.1) is 26.1 Å². The normalized spacial score (nSPS) is 11.0. The van der Waals surface area contributed by atoms with Crippen LogP contribution < -0.4 is 14.8 Å². The second-order valence-electron chi connectivity index (χ2n) is 6.30. The van der Waals surface area contributed by atoms with Gasteiger partial charge in [-0.3, -0.25) is 4.68 Å².